The zero-order valence-electron chi connectivity index (χ0n) is 14.7. The van der Waals surface area contributed by atoms with Crippen molar-refractivity contribution in [1.82, 2.24) is 9.38 Å². The summed E-state index contributed by atoms with van der Waals surface area (Å²) in [5.74, 6) is 1.59. The topological polar surface area (TPSA) is 70.2 Å². The standard InChI is InChI=1S/C19H22N4OS/c1-4-14-11-18(21-13(2)9-10-25(3)24)23-17-8-6-5-7-16(17)22-19(23)15(14)12-20/h5-8,11,13,21H,4,9-10H2,1-3H3/t13-,25+/m0/s1. The Morgan fingerprint density at radius 3 is 2.84 bits per heavy atom. The van der Waals surface area contributed by atoms with Gasteiger partial charge in [0, 0.05) is 28.9 Å². The van der Waals surface area contributed by atoms with E-state index in [9.17, 15) is 9.47 Å². The van der Waals surface area contributed by atoms with E-state index >= 15 is 0 Å². The highest BCUT2D eigenvalue weighted by molar-refractivity contribution is 7.84. The molecule has 0 amide bonds. The molecule has 1 aromatic carbocycles. The summed E-state index contributed by atoms with van der Waals surface area (Å²) < 4.78 is 13.4. The second-order valence-corrected chi connectivity index (χ2v) is 7.82. The van der Waals surface area contributed by atoms with Crippen LogP contribution in [0.4, 0.5) is 5.82 Å². The molecule has 25 heavy (non-hydrogen) atoms. The molecular formula is C19H22N4OS. The van der Waals surface area contributed by atoms with Crippen molar-refractivity contribution in [2.45, 2.75) is 32.7 Å². The lowest BCUT2D eigenvalue weighted by atomic mass is 10.1. The number of fused-ring (bicyclic) bond motifs is 3. The summed E-state index contributed by atoms with van der Waals surface area (Å²) in [7, 11) is -0.799. The summed E-state index contributed by atoms with van der Waals surface area (Å²) in [5.41, 5.74) is 4.16. The molecule has 0 aliphatic carbocycles. The number of pyridine rings is 1. The quantitative estimate of drug-likeness (QED) is 0.735. The van der Waals surface area contributed by atoms with Crippen LogP contribution in [0.15, 0.2) is 30.3 Å². The molecule has 0 radical (unpaired) electrons. The van der Waals surface area contributed by atoms with Crippen LogP contribution in [0.25, 0.3) is 16.7 Å². The zero-order valence-corrected chi connectivity index (χ0v) is 15.6. The molecule has 0 bridgehead atoms. The van der Waals surface area contributed by atoms with Gasteiger partial charge in [-0.2, -0.15) is 5.26 Å². The molecule has 3 aromatic rings. The van der Waals surface area contributed by atoms with Crippen LogP contribution in [-0.2, 0) is 17.2 Å². The first-order chi connectivity index (χ1) is 12.0. The number of hydrogen-bond donors (Lipinski definition) is 1. The third kappa shape index (κ3) is 3.38. The van der Waals surface area contributed by atoms with E-state index in [1.165, 1.54) is 0 Å². The lowest BCUT2D eigenvalue weighted by molar-refractivity contribution is 0.678. The van der Waals surface area contributed by atoms with Gasteiger partial charge in [0.25, 0.3) is 0 Å². The Morgan fingerprint density at radius 2 is 2.16 bits per heavy atom. The van der Waals surface area contributed by atoms with Gasteiger partial charge in [-0.25, -0.2) is 4.98 Å². The number of aromatic nitrogens is 2. The van der Waals surface area contributed by atoms with Gasteiger partial charge in [0.2, 0.25) is 0 Å². The van der Waals surface area contributed by atoms with E-state index in [4.69, 9.17) is 0 Å². The van der Waals surface area contributed by atoms with Crippen LogP contribution in [0.1, 0.15) is 31.4 Å². The maximum Gasteiger partial charge on any atom is 0.157 e. The van der Waals surface area contributed by atoms with Gasteiger partial charge in [0.1, 0.15) is 11.9 Å². The number of nitriles is 1. The minimum atomic E-state index is -0.799. The van der Waals surface area contributed by atoms with E-state index < -0.39 is 10.8 Å². The van der Waals surface area contributed by atoms with E-state index in [0.29, 0.717) is 17.0 Å². The first-order valence-corrected chi connectivity index (χ1v) is 10.2. The average molecular weight is 354 g/mol. The lowest BCUT2D eigenvalue weighted by Crippen LogP contribution is -2.20. The van der Waals surface area contributed by atoms with Gasteiger partial charge in [0.15, 0.2) is 5.65 Å². The number of aryl methyl sites for hydroxylation is 1. The monoisotopic (exact) mass is 354 g/mol. The predicted octanol–water partition coefficient (Wildman–Crippen LogP) is 3.49. The second kappa shape index (κ2) is 7.24. The highest BCUT2D eigenvalue weighted by Crippen LogP contribution is 2.27. The third-order valence-corrected chi connectivity index (χ3v) is 5.19. The number of imidazole rings is 1. The molecule has 5 nitrogen and oxygen atoms in total. The molecule has 2 atom stereocenters. The van der Waals surface area contributed by atoms with Gasteiger partial charge >= 0.3 is 0 Å². The first-order valence-electron chi connectivity index (χ1n) is 8.44. The van der Waals surface area contributed by atoms with Crippen LogP contribution >= 0.6 is 0 Å². The Balaban J connectivity index is 2.16. The van der Waals surface area contributed by atoms with E-state index in [1.807, 2.05) is 41.7 Å². The van der Waals surface area contributed by atoms with Crippen molar-refractivity contribution in [2.75, 3.05) is 17.3 Å². The Labute approximate surface area is 150 Å². The Kier molecular flexibility index (Phi) is 5.05. The molecule has 0 fully saturated rings. The van der Waals surface area contributed by atoms with Crippen molar-refractivity contribution in [3.8, 4) is 6.07 Å². The summed E-state index contributed by atoms with van der Waals surface area (Å²) in [6, 6.07) is 12.4. The van der Waals surface area contributed by atoms with Gasteiger partial charge in [-0.3, -0.25) is 8.61 Å². The van der Waals surface area contributed by atoms with Crippen molar-refractivity contribution in [3.05, 3.63) is 41.5 Å². The number of benzene rings is 1. The van der Waals surface area contributed by atoms with Crippen LogP contribution in [-0.4, -0.2) is 31.6 Å². The van der Waals surface area contributed by atoms with Crippen LogP contribution < -0.4 is 5.32 Å². The highest BCUT2D eigenvalue weighted by atomic mass is 32.2. The summed E-state index contributed by atoms with van der Waals surface area (Å²) in [4.78, 5) is 4.69. The molecule has 2 aromatic heterocycles. The predicted molar refractivity (Wildman–Crippen MR) is 103 cm³/mol. The van der Waals surface area contributed by atoms with E-state index in [1.54, 1.807) is 6.26 Å². The molecule has 0 spiro atoms. The van der Waals surface area contributed by atoms with Gasteiger partial charge in [-0.05, 0) is 43.5 Å². The number of hydrogen-bond acceptors (Lipinski definition) is 4. The molecule has 0 aliphatic heterocycles. The van der Waals surface area contributed by atoms with Gasteiger partial charge in [-0.1, -0.05) is 19.1 Å². The smallest absolute Gasteiger partial charge is 0.157 e. The molecule has 130 valence electrons. The molecule has 6 heteroatoms. The minimum Gasteiger partial charge on any atom is -0.369 e. The number of anilines is 1. The summed E-state index contributed by atoms with van der Waals surface area (Å²) in [5, 5.41) is 13.2. The Morgan fingerprint density at radius 1 is 1.40 bits per heavy atom. The van der Waals surface area contributed by atoms with Crippen molar-refractivity contribution in [3.63, 3.8) is 0 Å². The van der Waals surface area contributed by atoms with E-state index in [0.717, 1.165) is 35.3 Å². The van der Waals surface area contributed by atoms with Crippen LogP contribution in [0.2, 0.25) is 0 Å². The first kappa shape index (κ1) is 17.4. The van der Waals surface area contributed by atoms with E-state index in [2.05, 4.69) is 23.3 Å². The third-order valence-electron chi connectivity index (χ3n) is 4.38. The summed E-state index contributed by atoms with van der Waals surface area (Å²) in [6.45, 7) is 4.13. The fraction of sp³-hybridized carbons (Fsp3) is 0.368. The molecule has 0 aliphatic rings. The minimum absolute atomic E-state index is 0.172. The normalized spacial score (nSPS) is 13.7. The number of nitrogens with one attached hydrogen (secondary N) is 1. The largest absolute Gasteiger partial charge is 0.369 e. The SMILES string of the molecule is CCc1cc(N[C@@H](C)CC[S@@](C)=O)n2c(nc3ccccc32)c1C#N. The van der Waals surface area contributed by atoms with Gasteiger partial charge in [0.05, 0.1) is 16.6 Å². The molecule has 3 rings (SSSR count). The number of para-hydroxylation sites is 2. The van der Waals surface area contributed by atoms with Crippen molar-refractivity contribution >= 4 is 33.3 Å². The molecule has 2 heterocycles. The number of rotatable bonds is 6. The highest BCUT2D eigenvalue weighted by Gasteiger charge is 2.17. The van der Waals surface area contributed by atoms with Crippen molar-refractivity contribution < 1.29 is 4.21 Å². The fourth-order valence-electron chi connectivity index (χ4n) is 3.06. The summed E-state index contributed by atoms with van der Waals surface area (Å²) in [6.07, 6.45) is 3.31. The van der Waals surface area contributed by atoms with E-state index in [-0.39, 0.29) is 6.04 Å². The second-order valence-electron chi connectivity index (χ2n) is 6.27. The zero-order chi connectivity index (χ0) is 18.0. The maximum absolute atomic E-state index is 11.4. The average Bonchev–Trinajstić information content (AvgIpc) is 2.99. The van der Waals surface area contributed by atoms with Crippen molar-refractivity contribution in [2.24, 2.45) is 0 Å². The van der Waals surface area contributed by atoms with Crippen LogP contribution in [0.5, 0.6) is 0 Å². The summed E-state index contributed by atoms with van der Waals surface area (Å²) >= 11 is 0. The molecule has 1 N–H and O–H groups in total. The molecule has 0 unspecified atom stereocenters. The van der Waals surface area contributed by atoms with Crippen LogP contribution in [0, 0.1) is 11.3 Å². The van der Waals surface area contributed by atoms with Crippen molar-refractivity contribution in [1.29, 1.82) is 5.26 Å². The Bertz CT molecular complexity index is 986. The molecular weight excluding hydrogens is 332 g/mol. The molecule has 0 saturated heterocycles. The molecule has 0 saturated carbocycles. The number of nitrogens with zero attached hydrogens (tertiary/aromatic N) is 3. The Hall–Kier alpha value is -2.39. The van der Waals surface area contributed by atoms with Crippen LogP contribution in [0.3, 0.4) is 0 Å². The lowest BCUT2D eigenvalue weighted by Gasteiger charge is -2.18. The maximum atomic E-state index is 11.4. The van der Waals surface area contributed by atoms with Gasteiger partial charge < -0.3 is 5.32 Å². The van der Waals surface area contributed by atoms with Gasteiger partial charge in [-0.15, -0.1) is 0 Å². The fourth-order valence-corrected chi connectivity index (χ4v) is 3.74.